The van der Waals surface area contributed by atoms with Crippen LogP contribution in [0, 0.1) is 23.7 Å². The summed E-state index contributed by atoms with van der Waals surface area (Å²) in [5.74, 6) is 0.913. The molecule has 1 heteroatoms. The van der Waals surface area contributed by atoms with Gasteiger partial charge in [0.25, 0.3) is 0 Å². The molecule has 2 saturated carbocycles. The predicted molar refractivity (Wildman–Crippen MR) is 90.4 cm³/mol. The molecule has 2 aliphatic rings. The third kappa shape index (κ3) is 2.25. The Balaban J connectivity index is 1.78. The Hall–Kier alpha value is -0.820. The first-order chi connectivity index (χ1) is 9.88. The molecule has 0 aliphatic heterocycles. The Kier molecular flexibility index (Phi) is 3.68. The van der Waals surface area contributed by atoms with Gasteiger partial charge < -0.3 is 5.32 Å². The molecular formula is C20H31N. The van der Waals surface area contributed by atoms with Crippen molar-refractivity contribution in [2.24, 2.45) is 16.7 Å². The van der Waals surface area contributed by atoms with Gasteiger partial charge in [0, 0.05) is 12.1 Å². The number of hydrogen-bond donors (Lipinski definition) is 1. The highest BCUT2D eigenvalue weighted by Crippen LogP contribution is 2.65. The molecule has 0 heterocycles. The van der Waals surface area contributed by atoms with Crippen molar-refractivity contribution in [1.29, 1.82) is 0 Å². The lowest BCUT2D eigenvalue weighted by Crippen LogP contribution is -2.45. The molecule has 2 fully saturated rings. The maximum atomic E-state index is 4.03. The smallest absolute Gasteiger partial charge is 0.0320 e. The third-order valence-electron chi connectivity index (χ3n) is 7.08. The van der Waals surface area contributed by atoms with E-state index in [0.717, 1.165) is 5.92 Å². The van der Waals surface area contributed by atoms with Gasteiger partial charge in [-0.2, -0.15) is 0 Å². The average molecular weight is 285 g/mol. The van der Waals surface area contributed by atoms with Crippen LogP contribution in [-0.2, 0) is 0 Å². The van der Waals surface area contributed by atoms with Crippen LogP contribution in [0.25, 0.3) is 0 Å². The first-order valence-corrected chi connectivity index (χ1v) is 8.71. The number of benzene rings is 1. The van der Waals surface area contributed by atoms with Crippen molar-refractivity contribution in [3.8, 4) is 0 Å². The van der Waals surface area contributed by atoms with Crippen molar-refractivity contribution in [2.45, 2.75) is 72.4 Å². The summed E-state index contributed by atoms with van der Waals surface area (Å²) in [6, 6.07) is 10.3. The number of fused-ring (bicyclic) bond motifs is 2. The normalized spacial score (nSPS) is 35.1. The fourth-order valence-corrected chi connectivity index (χ4v) is 4.95. The standard InChI is InChI=1S/C20H31N/c1-6-17(15-9-7-14(2)8-10-15)21-18-13-16-11-12-20(18,5)19(16,3)4/h7-10,16-18,21H,6,11-13H2,1-5H3. The van der Waals surface area contributed by atoms with E-state index in [4.69, 9.17) is 0 Å². The number of aryl methyl sites for hydroxylation is 1. The Morgan fingerprint density at radius 1 is 1.19 bits per heavy atom. The SMILES string of the molecule is CCC(NC1CC2CCC1(C)C2(C)C)c1ccc(C)cc1. The molecule has 2 aliphatic carbocycles. The zero-order valence-electron chi connectivity index (χ0n) is 14.4. The zero-order chi connectivity index (χ0) is 15.3. The molecule has 0 saturated heterocycles. The molecule has 0 aromatic heterocycles. The molecule has 0 amide bonds. The van der Waals surface area contributed by atoms with E-state index in [0.29, 0.717) is 22.9 Å². The highest BCUT2D eigenvalue weighted by molar-refractivity contribution is 5.25. The van der Waals surface area contributed by atoms with Gasteiger partial charge in [-0.15, -0.1) is 0 Å². The summed E-state index contributed by atoms with van der Waals surface area (Å²) in [5, 5.41) is 4.03. The highest BCUT2D eigenvalue weighted by atomic mass is 15.0. The predicted octanol–water partition coefficient (Wildman–Crippen LogP) is 5.25. The Bertz CT molecular complexity index is 501. The van der Waals surface area contributed by atoms with E-state index in [2.05, 4.69) is 64.2 Å². The maximum absolute atomic E-state index is 4.03. The first kappa shape index (κ1) is 15.1. The summed E-state index contributed by atoms with van der Waals surface area (Å²) in [4.78, 5) is 0. The van der Waals surface area contributed by atoms with Crippen LogP contribution in [0.4, 0.5) is 0 Å². The van der Waals surface area contributed by atoms with Gasteiger partial charge in [-0.1, -0.05) is 57.5 Å². The second-order valence-electron chi connectivity index (χ2n) is 8.20. The first-order valence-electron chi connectivity index (χ1n) is 8.71. The number of hydrogen-bond acceptors (Lipinski definition) is 1. The van der Waals surface area contributed by atoms with Gasteiger partial charge in [-0.25, -0.2) is 0 Å². The summed E-state index contributed by atoms with van der Waals surface area (Å²) in [7, 11) is 0. The molecule has 4 atom stereocenters. The molecule has 4 unspecified atom stereocenters. The second kappa shape index (κ2) is 5.12. The quantitative estimate of drug-likeness (QED) is 0.796. The fourth-order valence-electron chi connectivity index (χ4n) is 4.95. The minimum absolute atomic E-state index is 0.468. The topological polar surface area (TPSA) is 12.0 Å². The van der Waals surface area contributed by atoms with E-state index in [1.54, 1.807) is 0 Å². The van der Waals surface area contributed by atoms with Crippen LogP contribution in [0.1, 0.15) is 70.5 Å². The van der Waals surface area contributed by atoms with Gasteiger partial charge >= 0.3 is 0 Å². The molecule has 1 nitrogen and oxygen atoms in total. The molecule has 1 N–H and O–H groups in total. The minimum atomic E-state index is 0.468. The van der Waals surface area contributed by atoms with Gasteiger partial charge in [-0.3, -0.25) is 0 Å². The van der Waals surface area contributed by atoms with Crippen LogP contribution in [0.15, 0.2) is 24.3 Å². The van der Waals surface area contributed by atoms with Gasteiger partial charge in [0.1, 0.15) is 0 Å². The molecule has 0 radical (unpaired) electrons. The Morgan fingerprint density at radius 3 is 2.33 bits per heavy atom. The summed E-state index contributed by atoms with van der Waals surface area (Å²) in [5.41, 5.74) is 3.76. The van der Waals surface area contributed by atoms with Crippen molar-refractivity contribution in [2.75, 3.05) is 0 Å². The van der Waals surface area contributed by atoms with Crippen LogP contribution in [0.3, 0.4) is 0 Å². The van der Waals surface area contributed by atoms with E-state index in [1.807, 2.05) is 0 Å². The fraction of sp³-hybridized carbons (Fsp3) is 0.700. The van der Waals surface area contributed by atoms with E-state index in [1.165, 1.54) is 36.8 Å². The zero-order valence-corrected chi connectivity index (χ0v) is 14.4. The van der Waals surface area contributed by atoms with Crippen LogP contribution in [0.5, 0.6) is 0 Å². The number of rotatable bonds is 4. The van der Waals surface area contributed by atoms with Crippen molar-refractivity contribution in [1.82, 2.24) is 5.32 Å². The summed E-state index contributed by atoms with van der Waals surface area (Å²) in [6.45, 7) is 12.0. The van der Waals surface area contributed by atoms with Gasteiger partial charge in [0.05, 0.1) is 0 Å². The monoisotopic (exact) mass is 285 g/mol. The molecule has 116 valence electrons. The Morgan fingerprint density at radius 2 is 1.86 bits per heavy atom. The van der Waals surface area contributed by atoms with Crippen molar-refractivity contribution in [3.05, 3.63) is 35.4 Å². The van der Waals surface area contributed by atoms with Crippen molar-refractivity contribution in [3.63, 3.8) is 0 Å². The molecule has 21 heavy (non-hydrogen) atoms. The van der Waals surface area contributed by atoms with Gasteiger partial charge in [0.15, 0.2) is 0 Å². The van der Waals surface area contributed by atoms with E-state index in [-0.39, 0.29) is 0 Å². The molecule has 1 aromatic carbocycles. The maximum Gasteiger partial charge on any atom is 0.0320 e. The van der Waals surface area contributed by atoms with Crippen LogP contribution >= 0.6 is 0 Å². The minimum Gasteiger partial charge on any atom is -0.307 e. The summed E-state index contributed by atoms with van der Waals surface area (Å²) < 4.78 is 0. The van der Waals surface area contributed by atoms with Crippen molar-refractivity contribution < 1.29 is 0 Å². The van der Waals surface area contributed by atoms with E-state index >= 15 is 0 Å². The molecular weight excluding hydrogens is 254 g/mol. The largest absolute Gasteiger partial charge is 0.307 e. The summed E-state index contributed by atoms with van der Waals surface area (Å²) in [6.07, 6.45) is 5.36. The van der Waals surface area contributed by atoms with Crippen LogP contribution in [-0.4, -0.2) is 6.04 Å². The van der Waals surface area contributed by atoms with Gasteiger partial charge in [0.2, 0.25) is 0 Å². The molecule has 2 bridgehead atoms. The lowest BCUT2D eigenvalue weighted by molar-refractivity contribution is 0.114. The number of nitrogens with one attached hydrogen (secondary N) is 1. The highest BCUT2D eigenvalue weighted by Gasteiger charge is 2.61. The van der Waals surface area contributed by atoms with Crippen LogP contribution in [0.2, 0.25) is 0 Å². The third-order valence-corrected chi connectivity index (χ3v) is 7.08. The van der Waals surface area contributed by atoms with Crippen molar-refractivity contribution >= 4 is 0 Å². The van der Waals surface area contributed by atoms with Crippen LogP contribution < -0.4 is 5.32 Å². The lowest BCUT2D eigenvalue weighted by atomic mass is 9.69. The van der Waals surface area contributed by atoms with Gasteiger partial charge in [-0.05, 0) is 54.9 Å². The lowest BCUT2D eigenvalue weighted by Gasteiger charge is -2.41. The Labute approximate surface area is 130 Å². The molecule has 0 spiro atoms. The second-order valence-corrected chi connectivity index (χ2v) is 8.20. The summed E-state index contributed by atoms with van der Waals surface area (Å²) >= 11 is 0. The average Bonchev–Trinajstić information content (AvgIpc) is 2.79. The molecule has 3 rings (SSSR count). The van der Waals surface area contributed by atoms with E-state index < -0.39 is 0 Å². The molecule has 1 aromatic rings. The van der Waals surface area contributed by atoms with E-state index in [9.17, 15) is 0 Å².